The monoisotopic (exact) mass is 297 g/mol. The minimum Gasteiger partial charge on any atom is -0.472 e. The maximum absolute atomic E-state index is 11.8. The fourth-order valence-corrected chi connectivity index (χ4v) is 2.07. The number of aliphatic hydroxyl groups excluding tert-OH is 1. The molecule has 6 nitrogen and oxygen atoms in total. The zero-order chi connectivity index (χ0) is 15.4. The van der Waals surface area contributed by atoms with Crippen molar-refractivity contribution in [2.45, 2.75) is 6.10 Å². The van der Waals surface area contributed by atoms with Crippen molar-refractivity contribution in [2.24, 2.45) is 0 Å². The lowest BCUT2D eigenvalue weighted by Crippen LogP contribution is -2.28. The SMILES string of the molecule is O=C(NCC(O)c1ccc(-n2cccn2)cc1)c1ccoc1. The van der Waals surface area contributed by atoms with Crippen molar-refractivity contribution >= 4 is 5.91 Å². The summed E-state index contributed by atoms with van der Waals surface area (Å²) in [6, 6.07) is 10.8. The minimum absolute atomic E-state index is 0.130. The molecule has 6 heteroatoms. The molecule has 22 heavy (non-hydrogen) atoms. The largest absolute Gasteiger partial charge is 0.472 e. The second kappa shape index (κ2) is 6.28. The van der Waals surface area contributed by atoms with Gasteiger partial charge in [0.05, 0.1) is 23.6 Å². The van der Waals surface area contributed by atoms with Gasteiger partial charge in [-0.3, -0.25) is 4.79 Å². The number of rotatable bonds is 5. The summed E-state index contributed by atoms with van der Waals surface area (Å²) in [5.74, 6) is -0.277. The third kappa shape index (κ3) is 3.07. The predicted molar refractivity (Wildman–Crippen MR) is 79.6 cm³/mol. The average Bonchev–Trinajstić information content (AvgIpc) is 3.25. The van der Waals surface area contributed by atoms with Crippen molar-refractivity contribution in [1.82, 2.24) is 15.1 Å². The van der Waals surface area contributed by atoms with E-state index in [4.69, 9.17) is 4.42 Å². The number of carbonyl (C=O) groups is 1. The predicted octanol–water partition coefficient (Wildman–Crippen LogP) is 1.93. The minimum atomic E-state index is -0.775. The van der Waals surface area contributed by atoms with Gasteiger partial charge >= 0.3 is 0 Å². The van der Waals surface area contributed by atoms with Crippen LogP contribution in [0, 0.1) is 0 Å². The highest BCUT2D eigenvalue weighted by Gasteiger charge is 2.11. The Labute approximate surface area is 127 Å². The molecule has 2 aromatic heterocycles. The number of amides is 1. The lowest BCUT2D eigenvalue weighted by atomic mass is 10.1. The standard InChI is InChI=1S/C16H15N3O3/c20-15(10-17-16(21)13-6-9-22-11-13)12-2-4-14(5-3-12)19-8-1-7-18-19/h1-9,11,15,20H,10H2,(H,17,21). The van der Waals surface area contributed by atoms with Gasteiger partial charge in [0.25, 0.3) is 5.91 Å². The summed E-state index contributed by atoms with van der Waals surface area (Å²) in [6.45, 7) is 0.130. The highest BCUT2D eigenvalue weighted by Crippen LogP contribution is 2.15. The Morgan fingerprint density at radius 3 is 2.77 bits per heavy atom. The summed E-state index contributed by atoms with van der Waals surface area (Å²) in [7, 11) is 0. The van der Waals surface area contributed by atoms with Crippen LogP contribution in [0.25, 0.3) is 5.69 Å². The van der Waals surface area contributed by atoms with Crippen LogP contribution in [0.5, 0.6) is 0 Å². The highest BCUT2D eigenvalue weighted by atomic mass is 16.3. The summed E-state index contributed by atoms with van der Waals surface area (Å²) in [5, 5.41) is 16.9. The fraction of sp³-hybridized carbons (Fsp3) is 0.125. The van der Waals surface area contributed by atoms with E-state index in [9.17, 15) is 9.90 Å². The van der Waals surface area contributed by atoms with Gasteiger partial charge in [0.15, 0.2) is 0 Å². The first-order valence-electron chi connectivity index (χ1n) is 6.82. The number of benzene rings is 1. The molecule has 0 fully saturated rings. The molecule has 0 bridgehead atoms. The Morgan fingerprint density at radius 2 is 2.14 bits per heavy atom. The first-order chi connectivity index (χ1) is 10.7. The number of aromatic nitrogens is 2. The molecule has 1 unspecified atom stereocenters. The second-order valence-corrected chi connectivity index (χ2v) is 4.78. The zero-order valence-electron chi connectivity index (χ0n) is 11.7. The van der Waals surface area contributed by atoms with Gasteiger partial charge in [0.2, 0.25) is 0 Å². The van der Waals surface area contributed by atoms with E-state index in [2.05, 4.69) is 10.4 Å². The summed E-state index contributed by atoms with van der Waals surface area (Å²) < 4.78 is 6.58. The van der Waals surface area contributed by atoms with Crippen LogP contribution in [0.3, 0.4) is 0 Å². The summed E-state index contributed by atoms with van der Waals surface area (Å²) in [6.07, 6.45) is 5.56. The highest BCUT2D eigenvalue weighted by molar-refractivity contribution is 5.93. The van der Waals surface area contributed by atoms with Gasteiger partial charge < -0.3 is 14.8 Å². The van der Waals surface area contributed by atoms with Crippen molar-refractivity contribution in [3.05, 3.63) is 72.4 Å². The summed E-state index contributed by atoms with van der Waals surface area (Å²) in [4.78, 5) is 11.8. The number of carbonyl (C=O) groups excluding carboxylic acids is 1. The molecule has 0 aliphatic heterocycles. The van der Waals surface area contributed by atoms with E-state index >= 15 is 0 Å². The van der Waals surface area contributed by atoms with E-state index in [1.807, 2.05) is 36.5 Å². The molecule has 3 aromatic rings. The van der Waals surface area contributed by atoms with E-state index in [1.54, 1.807) is 16.9 Å². The summed E-state index contributed by atoms with van der Waals surface area (Å²) >= 11 is 0. The number of furan rings is 1. The Kier molecular flexibility index (Phi) is 4.02. The first-order valence-corrected chi connectivity index (χ1v) is 6.82. The smallest absolute Gasteiger partial charge is 0.254 e. The molecule has 1 aromatic carbocycles. The molecule has 0 aliphatic carbocycles. The first kappa shape index (κ1) is 14.1. The van der Waals surface area contributed by atoms with Gasteiger partial charge in [-0.1, -0.05) is 12.1 Å². The van der Waals surface area contributed by atoms with Crippen LogP contribution in [0.4, 0.5) is 0 Å². The molecular formula is C16H15N3O3. The molecule has 3 rings (SSSR count). The van der Waals surface area contributed by atoms with Crippen LogP contribution in [-0.4, -0.2) is 27.3 Å². The van der Waals surface area contributed by atoms with Gasteiger partial charge in [0, 0.05) is 18.9 Å². The van der Waals surface area contributed by atoms with Gasteiger partial charge in [-0.05, 0) is 29.8 Å². The maximum Gasteiger partial charge on any atom is 0.254 e. The van der Waals surface area contributed by atoms with Crippen molar-refractivity contribution in [2.75, 3.05) is 6.54 Å². The number of nitrogens with one attached hydrogen (secondary N) is 1. The number of nitrogens with zero attached hydrogens (tertiary/aromatic N) is 2. The van der Waals surface area contributed by atoms with E-state index in [-0.39, 0.29) is 12.5 Å². The van der Waals surface area contributed by atoms with E-state index < -0.39 is 6.10 Å². The quantitative estimate of drug-likeness (QED) is 0.754. The molecular weight excluding hydrogens is 282 g/mol. The van der Waals surface area contributed by atoms with Crippen LogP contribution in [0.1, 0.15) is 22.0 Å². The van der Waals surface area contributed by atoms with Crippen molar-refractivity contribution < 1.29 is 14.3 Å². The molecule has 0 saturated heterocycles. The third-order valence-electron chi connectivity index (χ3n) is 3.29. The third-order valence-corrected chi connectivity index (χ3v) is 3.29. The maximum atomic E-state index is 11.8. The Bertz CT molecular complexity index is 719. The Hall–Kier alpha value is -2.86. The number of aliphatic hydroxyl groups is 1. The van der Waals surface area contributed by atoms with Crippen molar-refractivity contribution in [3.8, 4) is 5.69 Å². The molecule has 0 saturated carbocycles. The topological polar surface area (TPSA) is 80.3 Å². The molecule has 0 radical (unpaired) electrons. The van der Waals surface area contributed by atoms with Gasteiger partial charge in [-0.15, -0.1) is 0 Å². The summed E-state index contributed by atoms with van der Waals surface area (Å²) in [5.41, 5.74) is 2.06. The van der Waals surface area contributed by atoms with Crippen LogP contribution in [-0.2, 0) is 0 Å². The van der Waals surface area contributed by atoms with Crippen LogP contribution in [0.15, 0.2) is 65.7 Å². The second-order valence-electron chi connectivity index (χ2n) is 4.78. The van der Waals surface area contributed by atoms with Gasteiger partial charge in [-0.2, -0.15) is 5.10 Å². The van der Waals surface area contributed by atoms with E-state index in [1.165, 1.54) is 12.5 Å². The molecule has 2 heterocycles. The van der Waals surface area contributed by atoms with E-state index in [0.717, 1.165) is 11.3 Å². The molecule has 0 spiro atoms. The van der Waals surface area contributed by atoms with Gasteiger partial charge in [0.1, 0.15) is 6.26 Å². The molecule has 0 aliphatic rings. The van der Waals surface area contributed by atoms with Crippen molar-refractivity contribution in [1.29, 1.82) is 0 Å². The Morgan fingerprint density at radius 1 is 1.32 bits per heavy atom. The molecule has 1 atom stereocenters. The van der Waals surface area contributed by atoms with Crippen molar-refractivity contribution in [3.63, 3.8) is 0 Å². The lowest BCUT2D eigenvalue weighted by molar-refractivity contribution is 0.0915. The normalized spacial score (nSPS) is 12.0. The fourth-order valence-electron chi connectivity index (χ4n) is 2.07. The number of hydrogen-bond donors (Lipinski definition) is 2. The molecule has 112 valence electrons. The van der Waals surface area contributed by atoms with E-state index in [0.29, 0.717) is 5.56 Å². The Balaban J connectivity index is 1.60. The van der Waals surface area contributed by atoms with Crippen LogP contribution >= 0.6 is 0 Å². The average molecular weight is 297 g/mol. The molecule has 2 N–H and O–H groups in total. The van der Waals surface area contributed by atoms with Crippen LogP contribution < -0.4 is 5.32 Å². The number of hydrogen-bond acceptors (Lipinski definition) is 4. The lowest BCUT2D eigenvalue weighted by Gasteiger charge is -2.12. The molecule has 1 amide bonds. The zero-order valence-corrected chi connectivity index (χ0v) is 11.7. The van der Waals surface area contributed by atoms with Crippen LogP contribution in [0.2, 0.25) is 0 Å². The van der Waals surface area contributed by atoms with Gasteiger partial charge in [-0.25, -0.2) is 4.68 Å².